The van der Waals surface area contributed by atoms with E-state index >= 15 is 0 Å². The molecule has 0 aromatic heterocycles. The van der Waals surface area contributed by atoms with Gasteiger partial charge in [0.2, 0.25) is 0 Å². The van der Waals surface area contributed by atoms with Crippen LogP contribution in [0.1, 0.15) is 52.7 Å². The van der Waals surface area contributed by atoms with Crippen molar-refractivity contribution in [2.24, 2.45) is 0 Å². The first-order chi connectivity index (χ1) is 10.4. The molecule has 1 aromatic carbocycles. The van der Waals surface area contributed by atoms with E-state index in [0.29, 0.717) is 0 Å². The van der Waals surface area contributed by atoms with E-state index in [-0.39, 0.29) is 6.61 Å². The molecule has 3 nitrogen and oxygen atoms in total. The zero-order valence-electron chi connectivity index (χ0n) is 16.1. The van der Waals surface area contributed by atoms with Crippen molar-refractivity contribution in [3.63, 3.8) is 0 Å². The van der Waals surface area contributed by atoms with Crippen LogP contribution in [0.4, 0.5) is 0 Å². The van der Waals surface area contributed by atoms with Crippen LogP contribution in [0, 0.1) is 0 Å². The van der Waals surface area contributed by atoms with Crippen LogP contribution in [-0.4, -0.2) is 25.6 Å². The second-order valence-corrected chi connectivity index (χ2v) is 12.4. The van der Waals surface area contributed by atoms with Crippen molar-refractivity contribution in [3.8, 4) is 5.75 Å². The Kier molecular flexibility index (Phi) is 6.47. The van der Waals surface area contributed by atoms with Crippen LogP contribution >= 0.6 is 0 Å². The van der Waals surface area contributed by atoms with E-state index in [9.17, 15) is 5.11 Å². The van der Waals surface area contributed by atoms with Gasteiger partial charge in [-0.3, -0.25) is 0 Å². The van der Waals surface area contributed by atoms with Crippen molar-refractivity contribution in [2.45, 2.75) is 78.3 Å². The van der Waals surface area contributed by atoms with Gasteiger partial charge in [-0.1, -0.05) is 26.0 Å². The summed E-state index contributed by atoms with van der Waals surface area (Å²) < 4.78 is 12.5. The molecule has 0 heterocycles. The third-order valence-electron chi connectivity index (χ3n) is 4.07. The molecule has 0 aliphatic carbocycles. The van der Waals surface area contributed by atoms with E-state index in [1.807, 2.05) is 0 Å². The number of ether oxygens (including phenoxy) is 1. The first-order valence-corrected chi connectivity index (χ1v) is 11.7. The van der Waals surface area contributed by atoms with Gasteiger partial charge in [0.05, 0.1) is 11.2 Å². The molecule has 1 N–H and O–H groups in total. The monoisotopic (exact) mass is 338 g/mol. The molecule has 0 radical (unpaired) electrons. The van der Waals surface area contributed by atoms with Gasteiger partial charge in [-0.25, -0.2) is 0 Å². The van der Waals surface area contributed by atoms with Crippen molar-refractivity contribution < 1.29 is 14.3 Å². The molecule has 0 aliphatic rings. The highest BCUT2D eigenvalue weighted by molar-refractivity contribution is 6.71. The minimum absolute atomic E-state index is 0.262. The Labute approximate surface area is 143 Å². The smallest absolute Gasteiger partial charge is 0.187 e. The molecule has 0 bridgehead atoms. The molecule has 0 saturated carbocycles. The number of benzene rings is 1. The molecule has 1 aromatic rings. The Hall–Kier alpha value is -0.843. The van der Waals surface area contributed by atoms with Crippen molar-refractivity contribution in [1.82, 2.24) is 0 Å². The largest absolute Gasteiger partial charge is 0.490 e. The third kappa shape index (κ3) is 6.28. The van der Waals surface area contributed by atoms with Gasteiger partial charge in [0, 0.05) is 5.56 Å². The van der Waals surface area contributed by atoms with Gasteiger partial charge in [-0.2, -0.15) is 0 Å². The average molecular weight is 339 g/mol. The van der Waals surface area contributed by atoms with Crippen LogP contribution in [0.15, 0.2) is 18.2 Å². The Morgan fingerprint density at radius 3 is 2.17 bits per heavy atom. The standard InChI is InChI=1S/C19H34O3Si/c1-9-15-11-12-16(17(13-15)21-14-18(3,4)20)19(5,6)22-23(7,8)10-2/h11-13,20H,9-10,14H2,1-8H3. The molecule has 0 unspecified atom stereocenters. The molecule has 0 fully saturated rings. The van der Waals surface area contributed by atoms with Crippen LogP contribution in [0.2, 0.25) is 19.1 Å². The van der Waals surface area contributed by atoms with Crippen LogP contribution in [0.5, 0.6) is 5.75 Å². The highest BCUT2D eigenvalue weighted by atomic mass is 28.4. The van der Waals surface area contributed by atoms with Crippen molar-refractivity contribution >= 4 is 8.32 Å². The summed E-state index contributed by atoms with van der Waals surface area (Å²) in [6, 6.07) is 7.40. The predicted molar refractivity (Wildman–Crippen MR) is 99.7 cm³/mol. The molecule has 132 valence electrons. The summed E-state index contributed by atoms with van der Waals surface area (Å²) in [6.45, 7) is 16.8. The highest BCUT2D eigenvalue weighted by Crippen LogP contribution is 2.37. The molecule has 0 spiro atoms. The van der Waals surface area contributed by atoms with E-state index in [4.69, 9.17) is 9.16 Å². The quantitative estimate of drug-likeness (QED) is 0.687. The van der Waals surface area contributed by atoms with E-state index in [0.717, 1.165) is 23.8 Å². The van der Waals surface area contributed by atoms with Crippen molar-refractivity contribution in [1.29, 1.82) is 0 Å². The number of rotatable bonds is 8. The van der Waals surface area contributed by atoms with E-state index in [1.165, 1.54) is 5.56 Å². The van der Waals surface area contributed by atoms with Crippen LogP contribution in [0.3, 0.4) is 0 Å². The molecule has 1 rings (SSSR count). The van der Waals surface area contributed by atoms with Crippen LogP contribution in [-0.2, 0) is 16.4 Å². The molecular weight excluding hydrogens is 304 g/mol. The fourth-order valence-corrected chi connectivity index (χ4v) is 4.11. The first-order valence-electron chi connectivity index (χ1n) is 8.59. The van der Waals surface area contributed by atoms with E-state index in [2.05, 4.69) is 59.0 Å². The first kappa shape index (κ1) is 20.2. The molecule has 0 amide bonds. The Morgan fingerprint density at radius 2 is 1.70 bits per heavy atom. The molecule has 0 atom stereocenters. The summed E-state index contributed by atoms with van der Waals surface area (Å²) in [5, 5.41) is 9.97. The van der Waals surface area contributed by atoms with Crippen LogP contribution < -0.4 is 4.74 Å². The fourth-order valence-electron chi connectivity index (χ4n) is 2.48. The van der Waals surface area contributed by atoms with Gasteiger partial charge < -0.3 is 14.3 Å². The summed E-state index contributed by atoms with van der Waals surface area (Å²) in [5.74, 6) is 0.817. The Morgan fingerprint density at radius 1 is 1.09 bits per heavy atom. The maximum absolute atomic E-state index is 9.97. The summed E-state index contributed by atoms with van der Waals surface area (Å²) >= 11 is 0. The lowest BCUT2D eigenvalue weighted by atomic mass is 9.95. The second kappa shape index (κ2) is 7.37. The Balaban J connectivity index is 3.17. The number of aliphatic hydroxyl groups is 1. The lowest BCUT2D eigenvalue weighted by Gasteiger charge is -2.36. The Bertz CT molecular complexity index is 516. The van der Waals surface area contributed by atoms with Gasteiger partial charge in [0.15, 0.2) is 8.32 Å². The highest BCUT2D eigenvalue weighted by Gasteiger charge is 2.33. The normalized spacial score (nSPS) is 13.3. The average Bonchev–Trinajstić information content (AvgIpc) is 2.43. The molecular formula is C19H34O3Si. The lowest BCUT2D eigenvalue weighted by Crippen LogP contribution is -2.39. The number of aryl methyl sites for hydroxylation is 1. The van der Waals surface area contributed by atoms with Crippen molar-refractivity contribution in [2.75, 3.05) is 6.61 Å². The molecule has 0 saturated heterocycles. The van der Waals surface area contributed by atoms with Crippen molar-refractivity contribution in [3.05, 3.63) is 29.3 Å². The topological polar surface area (TPSA) is 38.7 Å². The van der Waals surface area contributed by atoms with Gasteiger partial charge >= 0.3 is 0 Å². The summed E-state index contributed by atoms with van der Waals surface area (Å²) in [6.07, 6.45) is 0.954. The molecule has 4 heteroatoms. The van der Waals surface area contributed by atoms with E-state index < -0.39 is 19.5 Å². The minimum atomic E-state index is -1.70. The lowest BCUT2D eigenvalue weighted by molar-refractivity contribution is 0.0250. The van der Waals surface area contributed by atoms with Gasteiger partial charge in [-0.15, -0.1) is 0 Å². The maximum Gasteiger partial charge on any atom is 0.187 e. The number of hydrogen-bond donors (Lipinski definition) is 1. The summed E-state index contributed by atoms with van der Waals surface area (Å²) in [7, 11) is -1.70. The fraction of sp³-hybridized carbons (Fsp3) is 0.684. The summed E-state index contributed by atoms with van der Waals surface area (Å²) in [5.41, 5.74) is 1.00. The predicted octanol–water partition coefficient (Wildman–Crippen LogP) is 4.88. The zero-order chi connectivity index (χ0) is 17.9. The minimum Gasteiger partial charge on any atom is -0.490 e. The van der Waals surface area contributed by atoms with Crippen LogP contribution in [0.25, 0.3) is 0 Å². The molecule has 23 heavy (non-hydrogen) atoms. The maximum atomic E-state index is 9.97. The third-order valence-corrected chi connectivity index (χ3v) is 6.83. The second-order valence-electron chi connectivity index (χ2n) is 8.01. The van der Waals surface area contributed by atoms with Gasteiger partial charge in [0.1, 0.15) is 12.4 Å². The van der Waals surface area contributed by atoms with Gasteiger partial charge in [-0.05, 0) is 64.9 Å². The van der Waals surface area contributed by atoms with Gasteiger partial charge in [0.25, 0.3) is 0 Å². The number of hydrogen-bond acceptors (Lipinski definition) is 3. The van der Waals surface area contributed by atoms with E-state index in [1.54, 1.807) is 13.8 Å². The summed E-state index contributed by atoms with van der Waals surface area (Å²) in [4.78, 5) is 0. The molecule has 0 aliphatic heterocycles. The zero-order valence-corrected chi connectivity index (χ0v) is 17.1. The SMILES string of the molecule is CCc1ccc(C(C)(C)O[Si](C)(C)CC)c(OCC(C)(C)O)c1.